The van der Waals surface area contributed by atoms with Crippen molar-refractivity contribution in [1.29, 1.82) is 0 Å². The van der Waals surface area contributed by atoms with Crippen LogP contribution in [0.1, 0.15) is 20.3 Å². The summed E-state index contributed by atoms with van der Waals surface area (Å²) >= 11 is 4.83. The van der Waals surface area contributed by atoms with Crippen molar-refractivity contribution in [2.24, 2.45) is 5.92 Å². The first-order valence-electron chi connectivity index (χ1n) is 4.88. The molecule has 0 spiro atoms. The molecule has 0 fully saturated rings. The molecule has 0 amide bonds. The van der Waals surface area contributed by atoms with Crippen LogP contribution in [-0.4, -0.2) is 5.75 Å². The van der Waals surface area contributed by atoms with E-state index >= 15 is 0 Å². The van der Waals surface area contributed by atoms with E-state index in [2.05, 4.69) is 29.8 Å². The molecule has 1 aromatic rings. The summed E-state index contributed by atoms with van der Waals surface area (Å²) in [6.45, 7) is 4.37. The monoisotopic (exact) mass is 291 g/mol. The van der Waals surface area contributed by atoms with Gasteiger partial charge in [-0.05, 0) is 46.2 Å². The number of halogens is 2. The molecule has 0 saturated heterocycles. The maximum atomic E-state index is 13.1. The van der Waals surface area contributed by atoms with Gasteiger partial charge >= 0.3 is 0 Å². The summed E-state index contributed by atoms with van der Waals surface area (Å²) in [5.74, 6) is 1.39. The van der Waals surface area contributed by atoms with E-state index in [1.807, 2.05) is 0 Å². The fourth-order valence-corrected chi connectivity index (χ4v) is 2.80. The van der Waals surface area contributed by atoms with Gasteiger partial charge in [0.15, 0.2) is 0 Å². The summed E-state index contributed by atoms with van der Waals surface area (Å²) in [4.78, 5) is 0.948. The number of hydrogen-bond acceptors (Lipinski definition) is 2. The third kappa shape index (κ3) is 4.03. The maximum absolute atomic E-state index is 13.1. The van der Waals surface area contributed by atoms with Gasteiger partial charge in [-0.3, -0.25) is 0 Å². The molecule has 1 nitrogen and oxygen atoms in total. The Morgan fingerprint density at radius 1 is 1.47 bits per heavy atom. The van der Waals surface area contributed by atoms with E-state index in [4.69, 9.17) is 5.73 Å². The standard InChI is InChI=1S/C11H15BrFNS/c1-7(2)3-4-15-11-5-8(12)9(13)6-10(11)14/h5-7H,3-4,14H2,1-2H3. The zero-order valence-corrected chi connectivity index (χ0v) is 11.3. The topological polar surface area (TPSA) is 26.0 Å². The first-order valence-corrected chi connectivity index (χ1v) is 6.66. The molecule has 15 heavy (non-hydrogen) atoms. The van der Waals surface area contributed by atoms with Crippen molar-refractivity contribution < 1.29 is 4.39 Å². The van der Waals surface area contributed by atoms with E-state index in [0.717, 1.165) is 17.1 Å². The quantitative estimate of drug-likeness (QED) is 0.661. The minimum absolute atomic E-state index is 0.305. The molecule has 0 unspecified atom stereocenters. The van der Waals surface area contributed by atoms with E-state index in [-0.39, 0.29) is 5.82 Å². The fourth-order valence-electron chi connectivity index (χ4n) is 1.07. The molecule has 0 aromatic heterocycles. The first-order chi connectivity index (χ1) is 7.00. The van der Waals surface area contributed by atoms with Gasteiger partial charge in [0, 0.05) is 10.6 Å². The van der Waals surface area contributed by atoms with Gasteiger partial charge in [0.2, 0.25) is 0 Å². The van der Waals surface area contributed by atoms with E-state index in [0.29, 0.717) is 16.1 Å². The van der Waals surface area contributed by atoms with Crippen LogP contribution < -0.4 is 5.73 Å². The lowest BCUT2D eigenvalue weighted by Gasteiger charge is -2.08. The van der Waals surface area contributed by atoms with Crippen molar-refractivity contribution >= 4 is 33.4 Å². The molecule has 4 heteroatoms. The van der Waals surface area contributed by atoms with Crippen molar-refractivity contribution in [1.82, 2.24) is 0 Å². The Labute approximate surface area is 103 Å². The average molecular weight is 292 g/mol. The minimum atomic E-state index is -0.305. The summed E-state index contributed by atoms with van der Waals surface area (Å²) in [6.07, 6.45) is 1.14. The van der Waals surface area contributed by atoms with Gasteiger partial charge in [0.05, 0.1) is 4.47 Å². The normalized spacial score (nSPS) is 11.0. The number of nitrogen functional groups attached to an aromatic ring is 1. The summed E-state index contributed by atoms with van der Waals surface area (Å²) in [5, 5.41) is 0. The zero-order valence-electron chi connectivity index (χ0n) is 8.89. The van der Waals surface area contributed by atoms with Crippen LogP contribution in [0.5, 0.6) is 0 Å². The van der Waals surface area contributed by atoms with Crippen molar-refractivity contribution in [2.75, 3.05) is 11.5 Å². The number of benzene rings is 1. The van der Waals surface area contributed by atoms with E-state index in [9.17, 15) is 4.39 Å². The van der Waals surface area contributed by atoms with Crippen LogP contribution >= 0.6 is 27.7 Å². The Kier molecular flexibility index (Phi) is 4.93. The van der Waals surface area contributed by atoms with Crippen LogP contribution in [0.2, 0.25) is 0 Å². The number of thioether (sulfide) groups is 1. The Morgan fingerprint density at radius 3 is 2.73 bits per heavy atom. The van der Waals surface area contributed by atoms with Crippen LogP contribution in [0.15, 0.2) is 21.5 Å². The molecule has 0 saturated carbocycles. The highest BCUT2D eigenvalue weighted by atomic mass is 79.9. The summed E-state index contributed by atoms with van der Waals surface area (Å²) < 4.78 is 13.5. The van der Waals surface area contributed by atoms with Gasteiger partial charge in [0.1, 0.15) is 5.82 Å². The second-order valence-corrected chi connectivity index (χ2v) is 5.83. The van der Waals surface area contributed by atoms with Crippen molar-refractivity contribution in [3.63, 3.8) is 0 Å². The lowest BCUT2D eigenvalue weighted by atomic mass is 10.2. The lowest BCUT2D eigenvalue weighted by Crippen LogP contribution is -1.94. The molecule has 0 heterocycles. The van der Waals surface area contributed by atoms with E-state index in [1.54, 1.807) is 17.8 Å². The molecular weight excluding hydrogens is 277 g/mol. The molecule has 84 valence electrons. The second-order valence-electron chi connectivity index (χ2n) is 3.84. The first kappa shape index (κ1) is 12.8. The van der Waals surface area contributed by atoms with Crippen molar-refractivity contribution in [3.05, 3.63) is 22.4 Å². The zero-order chi connectivity index (χ0) is 11.4. The Morgan fingerprint density at radius 2 is 2.13 bits per heavy atom. The fraction of sp³-hybridized carbons (Fsp3) is 0.455. The van der Waals surface area contributed by atoms with Crippen molar-refractivity contribution in [2.45, 2.75) is 25.2 Å². The third-order valence-corrected chi connectivity index (χ3v) is 3.72. The van der Waals surface area contributed by atoms with Gasteiger partial charge in [0.25, 0.3) is 0 Å². The molecule has 0 aliphatic carbocycles. The highest BCUT2D eigenvalue weighted by Gasteiger charge is 2.06. The Balaban J connectivity index is 2.65. The number of nitrogens with two attached hydrogens (primary N) is 1. The van der Waals surface area contributed by atoms with Crippen molar-refractivity contribution in [3.8, 4) is 0 Å². The van der Waals surface area contributed by atoms with Gasteiger partial charge in [-0.25, -0.2) is 4.39 Å². The van der Waals surface area contributed by atoms with Crippen LogP contribution in [0.25, 0.3) is 0 Å². The Bertz CT molecular complexity index is 342. The second kappa shape index (κ2) is 5.75. The van der Waals surface area contributed by atoms with Gasteiger partial charge in [-0.15, -0.1) is 11.8 Å². The Hall–Kier alpha value is -0.220. The van der Waals surface area contributed by atoms with Gasteiger partial charge in [-0.2, -0.15) is 0 Å². The molecule has 0 radical (unpaired) electrons. The lowest BCUT2D eigenvalue weighted by molar-refractivity contribution is 0.620. The van der Waals surface area contributed by atoms with Crippen LogP contribution in [0.4, 0.5) is 10.1 Å². The third-order valence-electron chi connectivity index (χ3n) is 2.01. The van der Waals surface area contributed by atoms with E-state index in [1.165, 1.54) is 6.07 Å². The predicted octanol–water partition coefficient (Wildman–Crippen LogP) is 4.31. The van der Waals surface area contributed by atoms with Crippen LogP contribution in [-0.2, 0) is 0 Å². The number of anilines is 1. The summed E-state index contributed by atoms with van der Waals surface area (Å²) in [7, 11) is 0. The minimum Gasteiger partial charge on any atom is -0.398 e. The largest absolute Gasteiger partial charge is 0.398 e. The predicted molar refractivity (Wildman–Crippen MR) is 68.7 cm³/mol. The van der Waals surface area contributed by atoms with Gasteiger partial charge < -0.3 is 5.73 Å². The van der Waals surface area contributed by atoms with Crippen LogP contribution in [0, 0.1) is 11.7 Å². The van der Waals surface area contributed by atoms with E-state index < -0.39 is 0 Å². The number of hydrogen-bond donors (Lipinski definition) is 1. The van der Waals surface area contributed by atoms with Gasteiger partial charge in [-0.1, -0.05) is 13.8 Å². The summed E-state index contributed by atoms with van der Waals surface area (Å²) in [6, 6.07) is 3.11. The molecule has 0 atom stereocenters. The molecule has 1 rings (SSSR count). The highest BCUT2D eigenvalue weighted by Crippen LogP contribution is 2.31. The summed E-state index contributed by atoms with van der Waals surface area (Å²) in [5.41, 5.74) is 6.24. The average Bonchev–Trinajstić information content (AvgIpc) is 2.13. The SMILES string of the molecule is CC(C)CCSc1cc(Br)c(F)cc1N. The smallest absolute Gasteiger partial charge is 0.139 e. The highest BCUT2D eigenvalue weighted by molar-refractivity contribution is 9.10. The molecule has 2 N–H and O–H groups in total. The molecule has 0 bridgehead atoms. The molecule has 1 aromatic carbocycles. The van der Waals surface area contributed by atoms with Crippen LogP contribution in [0.3, 0.4) is 0 Å². The molecule has 0 aliphatic rings. The molecule has 0 aliphatic heterocycles. The molecular formula is C11H15BrFNS. The maximum Gasteiger partial charge on any atom is 0.139 e. The number of rotatable bonds is 4.